The number of morpholine rings is 1. The van der Waals surface area contributed by atoms with Crippen LogP contribution in [0, 0.1) is 5.82 Å². The lowest BCUT2D eigenvalue weighted by molar-refractivity contribution is -0.124. The number of anilines is 1. The zero-order valence-corrected chi connectivity index (χ0v) is 14.9. The van der Waals surface area contributed by atoms with Crippen molar-refractivity contribution in [3.63, 3.8) is 0 Å². The lowest BCUT2D eigenvalue weighted by Gasteiger charge is -2.36. The van der Waals surface area contributed by atoms with Crippen LogP contribution in [0.4, 0.5) is 10.1 Å². The highest BCUT2D eigenvalue weighted by Crippen LogP contribution is 2.24. The molecule has 0 radical (unpaired) electrons. The monoisotopic (exact) mass is 358 g/mol. The van der Waals surface area contributed by atoms with Gasteiger partial charge < -0.3 is 14.8 Å². The van der Waals surface area contributed by atoms with Crippen LogP contribution in [0.2, 0.25) is 0 Å². The summed E-state index contributed by atoms with van der Waals surface area (Å²) in [7, 11) is 1.60. The molecule has 0 aliphatic carbocycles. The maximum absolute atomic E-state index is 13.1. The fourth-order valence-electron chi connectivity index (χ4n) is 2.99. The summed E-state index contributed by atoms with van der Waals surface area (Å²) in [5.41, 5.74) is 1.64. The number of hydrogen-bond acceptors (Lipinski definition) is 4. The summed E-state index contributed by atoms with van der Waals surface area (Å²) in [4.78, 5) is 14.7. The highest BCUT2D eigenvalue weighted by Gasteiger charge is 2.28. The molecular weight excluding hydrogens is 335 g/mol. The van der Waals surface area contributed by atoms with E-state index in [4.69, 9.17) is 9.47 Å². The van der Waals surface area contributed by atoms with E-state index < -0.39 is 0 Å². The summed E-state index contributed by atoms with van der Waals surface area (Å²) < 4.78 is 24.0. The van der Waals surface area contributed by atoms with Crippen LogP contribution >= 0.6 is 0 Å². The summed E-state index contributed by atoms with van der Waals surface area (Å²) in [5, 5.41) is 2.93. The quantitative estimate of drug-likeness (QED) is 0.892. The number of halogens is 1. The second-order valence-corrected chi connectivity index (χ2v) is 6.30. The number of amides is 1. The standard InChI is InChI=1S/C20H23FN2O3/c1-14(20(24)22-17-7-9-18(25-2)10-8-17)23-11-12-26-19(13-23)15-3-5-16(21)6-4-15/h3-10,14,19H,11-13H2,1-2H3,(H,22,24). The van der Waals surface area contributed by atoms with E-state index in [9.17, 15) is 9.18 Å². The molecule has 26 heavy (non-hydrogen) atoms. The van der Waals surface area contributed by atoms with E-state index in [1.807, 2.05) is 19.1 Å². The van der Waals surface area contributed by atoms with Crippen molar-refractivity contribution in [3.8, 4) is 5.75 Å². The number of nitrogens with one attached hydrogen (secondary N) is 1. The minimum absolute atomic E-state index is 0.0741. The Labute approximate surface area is 152 Å². The topological polar surface area (TPSA) is 50.8 Å². The van der Waals surface area contributed by atoms with Crippen molar-refractivity contribution >= 4 is 11.6 Å². The van der Waals surface area contributed by atoms with Gasteiger partial charge in [0.1, 0.15) is 11.6 Å². The first-order chi connectivity index (χ1) is 12.6. The smallest absolute Gasteiger partial charge is 0.241 e. The van der Waals surface area contributed by atoms with E-state index in [-0.39, 0.29) is 23.9 Å². The highest BCUT2D eigenvalue weighted by atomic mass is 19.1. The van der Waals surface area contributed by atoms with Crippen molar-refractivity contribution in [3.05, 3.63) is 59.9 Å². The molecule has 1 fully saturated rings. The zero-order valence-electron chi connectivity index (χ0n) is 14.9. The van der Waals surface area contributed by atoms with Gasteiger partial charge in [0.25, 0.3) is 0 Å². The number of rotatable bonds is 5. The van der Waals surface area contributed by atoms with Gasteiger partial charge in [-0.05, 0) is 48.9 Å². The van der Waals surface area contributed by atoms with Gasteiger partial charge in [0.2, 0.25) is 5.91 Å². The Balaban J connectivity index is 1.61. The zero-order chi connectivity index (χ0) is 18.5. The van der Waals surface area contributed by atoms with E-state index in [2.05, 4.69) is 10.2 Å². The second-order valence-electron chi connectivity index (χ2n) is 6.30. The van der Waals surface area contributed by atoms with Gasteiger partial charge >= 0.3 is 0 Å². The number of carbonyl (C=O) groups excluding carboxylic acids is 1. The molecule has 2 atom stereocenters. The van der Waals surface area contributed by atoms with E-state index in [0.29, 0.717) is 19.7 Å². The maximum Gasteiger partial charge on any atom is 0.241 e. The minimum Gasteiger partial charge on any atom is -0.497 e. The maximum atomic E-state index is 13.1. The molecule has 1 aliphatic rings. The molecule has 0 aromatic heterocycles. The van der Waals surface area contributed by atoms with Crippen LogP contribution in [0.3, 0.4) is 0 Å². The molecule has 1 heterocycles. The van der Waals surface area contributed by atoms with Crippen molar-refractivity contribution in [1.82, 2.24) is 4.90 Å². The third kappa shape index (κ3) is 4.39. The molecule has 138 valence electrons. The molecule has 1 aliphatic heterocycles. The van der Waals surface area contributed by atoms with Crippen LogP contribution in [0.25, 0.3) is 0 Å². The largest absolute Gasteiger partial charge is 0.497 e. The first-order valence-corrected chi connectivity index (χ1v) is 8.63. The van der Waals surface area contributed by atoms with Gasteiger partial charge in [-0.25, -0.2) is 4.39 Å². The normalized spacial score (nSPS) is 19.0. The first-order valence-electron chi connectivity index (χ1n) is 8.63. The highest BCUT2D eigenvalue weighted by molar-refractivity contribution is 5.94. The lowest BCUT2D eigenvalue weighted by atomic mass is 10.1. The number of hydrogen-bond donors (Lipinski definition) is 1. The number of methoxy groups -OCH3 is 1. The molecule has 3 rings (SSSR count). The summed E-state index contributed by atoms with van der Waals surface area (Å²) in [6, 6.07) is 13.2. The van der Waals surface area contributed by atoms with Crippen LogP contribution in [0.1, 0.15) is 18.6 Å². The van der Waals surface area contributed by atoms with Crippen LogP contribution in [-0.4, -0.2) is 43.7 Å². The van der Waals surface area contributed by atoms with E-state index >= 15 is 0 Å². The molecule has 1 N–H and O–H groups in total. The molecule has 2 aromatic carbocycles. The number of benzene rings is 2. The molecule has 1 saturated heterocycles. The van der Waals surface area contributed by atoms with Crippen LogP contribution in [0.15, 0.2) is 48.5 Å². The molecule has 0 spiro atoms. The van der Waals surface area contributed by atoms with Crippen LogP contribution in [0.5, 0.6) is 5.75 Å². The molecule has 5 nitrogen and oxygen atoms in total. The van der Waals surface area contributed by atoms with Crippen molar-refractivity contribution in [2.24, 2.45) is 0 Å². The van der Waals surface area contributed by atoms with Gasteiger partial charge in [-0.3, -0.25) is 9.69 Å². The second kappa shape index (κ2) is 8.29. The molecule has 0 saturated carbocycles. The minimum atomic E-state index is -0.302. The first kappa shape index (κ1) is 18.4. The molecule has 1 amide bonds. The van der Waals surface area contributed by atoms with Crippen molar-refractivity contribution < 1.29 is 18.7 Å². The third-order valence-corrected chi connectivity index (χ3v) is 4.62. The van der Waals surface area contributed by atoms with E-state index in [1.165, 1.54) is 12.1 Å². The SMILES string of the molecule is COc1ccc(NC(=O)C(C)N2CCOC(c3ccc(F)cc3)C2)cc1. The Kier molecular flexibility index (Phi) is 5.85. The fraction of sp³-hybridized carbons (Fsp3) is 0.350. The van der Waals surface area contributed by atoms with Gasteiger partial charge in [-0.2, -0.15) is 0 Å². The summed E-state index contributed by atoms with van der Waals surface area (Å²) in [6.45, 7) is 3.67. The molecule has 0 bridgehead atoms. The van der Waals surface area contributed by atoms with Crippen LogP contribution < -0.4 is 10.1 Å². The Bertz CT molecular complexity index is 734. The van der Waals surface area contributed by atoms with Crippen molar-refractivity contribution in [2.75, 3.05) is 32.1 Å². The number of carbonyl (C=O) groups is 1. The lowest BCUT2D eigenvalue weighted by Crippen LogP contribution is -2.48. The van der Waals surface area contributed by atoms with Gasteiger partial charge in [0.15, 0.2) is 0 Å². The summed E-state index contributed by atoms with van der Waals surface area (Å²) in [5.74, 6) is 0.398. The number of ether oxygens (including phenoxy) is 2. The number of nitrogens with zero attached hydrogens (tertiary/aromatic N) is 1. The third-order valence-electron chi connectivity index (χ3n) is 4.62. The van der Waals surface area contributed by atoms with Gasteiger partial charge in [0, 0.05) is 18.8 Å². The molecule has 2 aromatic rings. The van der Waals surface area contributed by atoms with Crippen molar-refractivity contribution in [2.45, 2.75) is 19.1 Å². The van der Waals surface area contributed by atoms with Gasteiger partial charge in [0.05, 0.1) is 25.9 Å². The predicted octanol–water partition coefficient (Wildman–Crippen LogP) is 3.23. The summed E-state index contributed by atoms with van der Waals surface area (Å²) >= 11 is 0. The average Bonchev–Trinajstić information content (AvgIpc) is 2.68. The Morgan fingerprint density at radius 1 is 1.23 bits per heavy atom. The summed E-state index contributed by atoms with van der Waals surface area (Å²) in [6.07, 6.45) is -0.166. The van der Waals surface area contributed by atoms with E-state index in [1.54, 1.807) is 31.4 Å². The van der Waals surface area contributed by atoms with Crippen molar-refractivity contribution in [1.29, 1.82) is 0 Å². The Morgan fingerprint density at radius 2 is 1.92 bits per heavy atom. The van der Waals surface area contributed by atoms with E-state index in [0.717, 1.165) is 17.0 Å². The molecular formula is C20H23FN2O3. The van der Waals surface area contributed by atoms with Gasteiger partial charge in [-0.1, -0.05) is 12.1 Å². The Morgan fingerprint density at radius 3 is 2.58 bits per heavy atom. The van der Waals surface area contributed by atoms with Gasteiger partial charge in [-0.15, -0.1) is 0 Å². The average molecular weight is 358 g/mol. The molecule has 2 unspecified atom stereocenters. The fourth-order valence-corrected chi connectivity index (χ4v) is 2.99. The Hall–Kier alpha value is -2.44. The van der Waals surface area contributed by atoms with Crippen LogP contribution in [-0.2, 0) is 9.53 Å². The predicted molar refractivity (Wildman–Crippen MR) is 97.8 cm³/mol. The molecule has 6 heteroatoms.